The average molecular weight is 202 g/mol. The summed E-state index contributed by atoms with van der Waals surface area (Å²) in [6.45, 7) is 0. The van der Waals surface area contributed by atoms with Gasteiger partial charge in [-0.15, -0.1) is 0 Å². The van der Waals surface area contributed by atoms with Crippen molar-refractivity contribution in [1.82, 2.24) is 0 Å². The smallest absolute Gasteiger partial charge is 0.504 e. The van der Waals surface area contributed by atoms with E-state index in [4.69, 9.17) is 14.2 Å². The predicted molar refractivity (Wildman–Crippen MR) is 39.3 cm³/mol. The molecule has 68 valence electrons. The highest BCUT2D eigenvalue weighted by Crippen LogP contribution is 2.72. The Hall–Kier alpha value is -1.55. The van der Waals surface area contributed by atoms with Crippen LogP contribution in [0.1, 0.15) is 0 Å². The topological polar surface area (TPSA) is 85.2 Å². The first-order valence-corrected chi connectivity index (χ1v) is 4.83. The third-order valence-electron chi connectivity index (χ3n) is 1.77. The fourth-order valence-corrected chi connectivity index (χ4v) is 2.51. The standard InChI is InChI=1S/C6H3O6P/c7-2-1-3-5-6(4(2)8)12-13(9,10-3)11-5/h1,7-8H. The lowest BCUT2D eigenvalue weighted by Crippen LogP contribution is -1.97. The highest BCUT2D eigenvalue weighted by Gasteiger charge is 2.52. The van der Waals surface area contributed by atoms with E-state index in [9.17, 15) is 9.67 Å². The van der Waals surface area contributed by atoms with Crippen molar-refractivity contribution in [2.24, 2.45) is 0 Å². The van der Waals surface area contributed by atoms with Gasteiger partial charge in [-0.3, -0.25) is 0 Å². The van der Waals surface area contributed by atoms with Crippen LogP contribution in [0.5, 0.6) is 28.7 Å². The van der Waals surface area contributed by atoms with Crippen molar-refractivity contribution in [1.29, 1.82) is 0 Å². The number of rotatable bonds is 0. The molecular formula is C6H3O6P. The lowest BCUT2D eigenvalue weighted by molar-refractivity contribution is 0.335. The van der Waals surface area contributed by atoms with Crippen molar-refractivity contribution in [3.05, 3.63) is 6.07 Å². The van der Waals surface area contributed by atoms with Crippen molar-refractivity contribution in [2.75, 3.05) is 0 Å². The molecule has 2 heterocycles. The number of aromatic hydroxyl groups is 2. The minimum Gasteiger partial charge on any atom is -0.504 e. The van der Waals surface area contributed by atoms with Gasteiger partial charge in [0.2, 0.25) is 17.2 Å². The van der Waals surface area contributed by atoms with E-state index in [1.807, 2.05) is 0 Å². The van der Waals surface area contributed by atoms with Gasteiger partial charge in [0.05, 0.1) is 0 Å². The van der Waals surface area contributed by atoms with Gasteiger partial charge in [0.1, 0.15) is 0 Å². The summed E-state index contributed by atoms with van der Waals surface area (Å²) in [5, 5.41) is 18.4. The average Bonchev–Trinajstić information content (AvgIpc) is 2.53. The fourth-order valence-electron chi connectivity index (χ4n) is 1.23. The molecule has 2 bridgehead atoms. The highest BCUT2D eigenvalue weighted by molar-refractivity contribution is 7.50. The number of phenolic OH excluding ortho intramolecular Hbond substituents is 2. The van der Waals surface area contributed by atoms with Crippen molar-refractivity contribution < 1.29 is 28.3 Å². The van der Waals surface area contributed by atoms with Crippen LogP contribution < -0.4 is 13.6 Å². The molecule has 1 aromatic rings. The molecule has 1 unspecified atom stereocenters. The van der Waals surface area contributed by atoms with Gasteiger partial charge >= 0.3 is 7.82 Å². The Kier molecular flexibility index (Phi) is 0.902. The van der Waals surface area contributed by atoms with Crippen molar-refractivity contribution >= 4 is 7.82 Å². The van der Waals surface area contributed by atoms with E-state index in [-0.39, 0.29) is 17.2 Å². The molecule has 0 aromatic heterocycles. The van der Waals surface area contributed by atoms with Gasteiger partial charge in [0.25, 0.3) is 0 Å². The number of phosphoric ester groups is 1. The minimum atomic E-state index is -3.57. The van der Waals surface area contributed by atoms with Gasteiger partial charge in [0, 0.05) is 6.07 Å². The van der Waals surface area contributed by atoms with E-state index in [1.54, 1.807) is 0 Å². The third-order valence-corrected chi connectivity index (χ3v) is 3.00. The molecule has 0 radical (unpaired) electrons. The van der Waals surface area contributed by atoms with Crippen molar-refractivity contribution in [3.63, 3.8) is 0 Å². The maximum atomic E-state index is 11.3. The van der Waals surface area contributed by atoms with Gasteiger partial charge in [-0.2, -0.15) is 4.57 Å². The molecule has 1 atom stereocenters. The molecule has 0 fully saturated rings. The van der Waals surface area contributed by atoms with Gasteiger partial charge in [0.15, 0.2) is 11.5 Å². The van der Waals surface area contributed by atoms with E-state index >= 15 is 0 Å². The van der Waals surface area contributed by atoms with E-state index in [2.05, 4.69) is 4.52 Å². The van der Waals surface area contributed by atoms with Crippen LogP contribution >= 0.6 is 7.82 Å². The first kappa shape index (κ1) is 6.91. The molecule has 0 saturated carbocycles. The first-order chi connectivity index (χ1) is 6.09. The monoisotopic (exact) mass is 202 g/mol. The van der Waals surface area contributed by atoms with Gasteiger partial charge in [-0.05, 0) is 0 Å². The molecular weight excluding hydrogens is 199 g/mol. The summed E-state index contributed by atoms with van der Waals surface area (Å²) >= 11 is 0. The van der Waals surface area contributed by atoms with E-state index in [1.165, 1.54) is 0 Å². The summed E-state index contributed by atoms with van der Waals surface area (Å²) in [6, 6.07) is 1.12. The molecule has 0 spiro atoms. The van der Waals surface area contributed by atoms with Crippen LogP contribution in [-0.2, 0) is 4.57 Å². The SMILES string of the molecule is O=P12Oc3cc(O)c(O)c(c3O1)O2. The summed E-state index contributed by atoms with van der Waals surface area (Å²) in [4.78, 5) is 0. The fraction of sp³-hybridized carbons (Fsp3) is 0. The highest BCUT2D eigenvalue weighted by atomic mass is 31.2. The van der Waals surface area contributed by atoms with Crippen molar-refractivity contribution in [3.8, 4) is 28.7 Å². The first-order valence-electron chi connectivity index (χ1n) is 3.37. The van der Waals surface area contributed by atoms with Gasteiger partial charge < -0.3 is 23.8 Å². The minimum absolute atomic E-state index is 0.0821. The van der Waals surface area contributed by atoms with Gasteiger partial charge in [-0.25, -0.2) is 0 Å². The molecule has 7 heteroatoms. The molecule has 2 N–H and O–H groups in total. The number of phosphoric acid groups is 1. The Bertz CT molecular complexity index is 461. The lowest BCUT2D eigenvalue weighted by Gasteiger charge is -2.10. The maximum absolute atomic E-state index is 11.3. The van der Waals surface area contributed by atoms with Crippen LogP contribution in [0, 0.1) is 0 Å². The molecule has 2 aliphatic heterocycles. The van der Waals surface area contributed by atoms with Crippen LogP contribution in [0.25, 0.3) is 0 Å². The molecule has 6 nitrogen and oxygen atoms in total. The Balaban J connectivity index is 2.39. The Labute approximate surface area is 71.9 Å². The summed E-state index contributed by atoms with van der Waals surface area (Å²) < 4.78 is 25.5. The zero-order valence-corrected chi connectivity index (χ0v) is 6.95. The summed E-state index contributed by atoms with van der Waals surface area (Å²) in [5.41, 5.74) is 0. The molecule has 1 aromatic carbocycles. The molecule has 13 heavy (non-hydrogen) atoms. The van der Waals surface area contributed by atoms with Crippen LogP contribution in [0.15, 0.2) is 6.07 Å². The van der Waals surface area contributed by atoms with E-state index in [0.717, 1.165) is 6.07 Å². The summed E-state index contributed by atoms with van der Waals surface area (Å²) in [6.07, 6.45) is 0. The van der Waals surface area contributed by atoms with Crippen LogP contribution in [-0.4, -0.2) is 10.2 Å². The Morgan fingerprint density at radius 3 is 2.54 bits per heavy atom. The normalized spacial score (nSPS) is 26.5. The summed E-state index contributed by atoms with van der Waals surface area (Å²) in [5.74, 6) is -0.798. The van der Waals surface area contributed by atoms with E-state index in [0.29, 0.717) is 0 Å². The zero-order chi connectivity index (χ0) is 9.22. The quantitative estimate of drug-likeness (QED) is 0.488. The maximum Gasteiger partial charge on any atom is 0.647 e. The van der Waals surface area contributed by atoms with Crippen molar-refractivity contribution in [2.45, 2.75) is 0 Å². The Morgan fingerprint density at radius 1 is 1.15 bits per heavy atom. The number of hydrogen-bond acceptors (Lipinski definition) is 6. The van der Waals surface area contributed by atoms with Crippen LogP contribution in [0.4, 0.5) is 0 Å². The molecule has 0 saturated heterocycles. The molecule has 0 aliphatic carbocycles. The second kappa shape index (κ2) is 1.70. The van der Waals surface area contributed by atoms with Crippen LogP contribution in [0.3, 0.4) is 0 Å². The summed E-state index contributed by atoms with van der Waals surface area (Å²) in [7, 11) is -3.57. The van der Waals surface area contributed by atoms with Gasteiger partial charge in [-0.1, -0.05) is 0 Å². The predicted octanol–water partition coefficient (Wildman–Crippen LogP) is 1.37. The number of hydrogen-bond donors (Lipinski definition) is 2. The largest absolute Gasteiger partial charge is 0.647 e. The second-order valence-electron chi connectivity index (χ2n) is 2.62. The van der Waals surface area contributed by atoms with E-state index < -0.39 is 19.3 Å². The second-order valence-corrected chi connectivity index (χ2v) is 4.06. The molecule has 3 rings (SSSR count). The number of benzene rings is 1. The molecule has 0 amide bonds. The number of phenols is 2. The van der Waals surface area contributed by atoms with Crippen LogP contribution in [0.2, 0.25) is 0 Å². The zero-order valence-electron chi connectivity index (χ0n) is 6.05. The molecule has 2 aliphatic rings. The Morgan fingerprint density at radius 2 is 1.85 bits per heavy atom. The lowest BCUT2D eigenvalue weighted by atomic mass is 10.2. The third kappa shape index (κ3) is 0.667. The number of fused-ring (bicyclic) bond motifs is 1.